The predicted octanol–water partition coefficient (Wildman–Crippen LogP) is 0.821. The molecule has 2 nitrogen and oxygen atoms in total. The van der Waals surface area contributed by atoms with Gasteiger partial charge in [-0.25, -0.2) is 0 Å². The third kappa shape index (κ3) is 5.63. The summed E-state index contributed by atoms with van der Waals surface area (Å²) in [5.74, 6) is 0.207. The summed E-state index contributed by atoms with van der Waals surface area (Å²) in [5, 5.41) is 2.98. The lowest BCUT2D eigenvalue weighted by atomic mass is 10.4. The van der Waals surface area contributed by atoms with Gasteiger partial charge in [0.25, 0.3) is 0 Å². The summed E-state index contributed by atoms with van der Waals surface area (Å²) < 4.78 is 0. The maximum absolute atomic E-state index is 10.3. The van der Waals surface area contributed by atoms with E-state index >= 15 is 0 Å². The first-order valence-electron chi connectivity index (χ1n) is 2.97. The average molecular weight is 117 g/mol. The van der Waals surface area contributed by atoms with Gasteiger partial charge in [0.15, 0.2) is 0 Å². The Morgan fingerprint density at radius 1 is 1.75 bits per heavy atom. The molecule has 8 heavy (non-hydrogen) atoms. The SMILES string of the molecule is CCCNCC(C)=O.[HH]. The highest BCUT2D eigenvalue weighted by Crippen LogP contribution is 1.69. The number of ketones is 1. The van der Waals surface area contributed by atoms with E-state index in [9.17, 15) is 4.79 Å². The van der Waals surface area contributed by atoms with E-state index in [4.69, 9.17) is 0 Å². The van der Waals surface area contributed by atoms with Crippen LogP contribution in [0, 0.1) is 0 Å². The van der Waals surface area contributed by atoms with E-state index in [0.717, 1.165) is 13.0 Å². The first-order chi connectivity index (χ1) is 3.77. The fourth-order valence-corrected chi connectivity index (χ4v) is 0.441. The fraction of sp³-hybridized carbons (Fsp3) is 0.833. The van der Waals surface area contributed by atoms with Crippen molar-refractivity contribution in [1.82, 2.24) is 5.32 Å². The summed E-state index contributed by atoms with van der Waals surface area (Å²) in [4.78, 5) is 10.3. The summed E-state index contributed by atoms with van der Waals surface area (Å²) in [7, 11) is 0. The maximum Gasteiger partial charge on any atom is 0.143 e. The quantitative estimate of drug-likeness (QED) is 0.552. The van der Waals surface area contributed by atoms with Crippen molar-refractivity contribution in [2.45, 2.75) is 20.3 Å². The second-order valence-electron chi connectivity index (χ2n) is 1.88. The van der Waals surface area contributed by atoms with Crippen molar-refractivity contribution in [1.29, 1.82) is 0 Å². The van der Waals surface area contributed by atoms with E-state index in [0.29, 0.717) is 6.54 Å². The van der Waals surface area contributed by atoms with Crippen LogP contribution in [0.25, 0.3) is 0 Å². The molecule has 0 aliphatic heterocycles. The lowest BCUT2D eigenvalue weighted by Gasteiger charge is -1.95. The lowest BCUT2D eigenvalue weighted by Crippen LogP contribution is -2.21. The van der Waals surface area contributed by atoms with Crippen LogP contribution >= 0.6 is 0 Å². The summed E-state index contributed by atoms with van der Waals surface area (Å²) in [6.45, 7) is 5.13. The van der Waals surface area contributed by atoms with Gasteiger partial charge in [-0.1, -0.05) is 6.92 Å². The normalized spacial score (nSPS) is 9.25. The van der Waals surface area contributed by atoms with Gasteiger partial charge in [0.2, 0.25) is 0 Å². The molecule has 0 unspecified atom stereocenters. The topological polar surface area (TPSA) is 29.1 Å². The molecule has 0 spiro atoms. The second-order valence-corrected chi connectivity index (χ2v) is 1.88. The minimum absolute atomic E-state index is 0. The molecule has 1 N–H and O–H groups in total. The number of rotatable bonds is 4. The molecule has 0 fully saturated rings. The van der Waals surface area contributed by atoms with Crippen LogP contribution in [-0.2, 0) is 4.79 Å². The summed E-state index contributed by atoms with van der Waals surface area (Å²) in [6, 6.07) is 0. The van der Waals surface area contributed by atoms with Gasteiger partial charge < -0.3 is 5.32 Å². The molecule has 2 heteroatoms. The van der Waals surface area contributed by atoms with Crippen molar-refractivity contribution < 1.29 is 6.22 Å². The minimum atomic E-state index is 0. The Labute approximate surface area is 51.8 Å². The van der Waals surface area contributed by atoms with Gasteiger partial charge in [0.05, 0.1) is 6.54 Å². The van der Waals surface area contributed by atoms with Crippen molar-refractivity contribution in [2.24, 2.45) is 0 Å². The predicted molar refractivity (Wildman–Crippen MR) is 36.0 cm³/mol. The van der Waals surface area contributed by atoms with Crippen LogP contribution in [-0.4, -0.2) is 18.9 Å². The Balaban J connectivity index is 0. The van der Waals surface area contributed by atoms with Crippen LogP contribution in [0.5, 0.6) is 0 Å². The Hall–Kier alpha value is -0.370. The van der Waals surface area contributed by atoms with Crippen molar-refractivity contribution in [2.75, 3.05) is 13.1 Å². The number of carbonyl (C=O) groups excluding carboxylic acids is 1. The molecule has 0 heterocycles. The van der Waals surface area contributed by atoms with Gasteiger partial charge in [-0.15, -0.1) is 0 Å². The van der Waals surface area contributed by atoms with Gasteiger partial charge in [0, 0.05) is 1.43 Å². The first kappa shape index (κ1) is 7.63. The van der Waals surface area contributed by atoms with E-state index in [1.807, 2.05) is 0 Å². The number of hydrogen-bond acceptors (Lipinski definition) is 2. The van der Waals surface area contributed by atoms with Crippen molar-refractivity contribution in [3.05, 3.63) is 0 Å². The molecule has 0 saturated carbocycles. The van der Waals surface area contributed by atoms with Crippen molar-refractivity contribution >= 4 is 5.78 Å². The van der Waals surface area contributed by atoms with Gasteiger partial charge in [-0.3, -0.25) is 4.79 Å². The lowest BCUT2D eigenvalue weighted by molar-refractivity contribution is -0.116. The third-order valence-corrected chi connectivity index (χ3v) is 0.801. The molecule has 0 bridgehead atoms. The molecule has 0 radical (unpaired) electrons. The standard InChI is InChI=1S/C6H13NO.H2/c1-3-4-7-5-6(2)8;/h7H,3-5H2,1-2H3;1H. The Kier molecular flexibility index (Phi) is 4.56. The Morgan fingerprint density at radius 2 is 2.38 bits per heavy atom. The highest BCUT2D eigenvalue weighted by molar-refractivity contribution is 5.77. The molecule has 0 rings (SSSR count). The van der Waals surface area contributed by atoms with Crippen LogP contribution in [0.3, 0.4) is 0 Å². The van der Waals surface area contributed by atoms with Crippen molar-refractivity contribution in [3.8, 4) is 0 Å². The maximum atomic E-state index is 10.3. The van der Waals surface area contributed by atoms with Gasteiger partial charge in [-0.05, 0) is 19.9 Å². The van der Waals surface area contributed by atoms with E-state index in [2.05, 4.69) is 12.2 Å². The average Bonchev–Trinajstić information content (AvgIpc) is 1.66. The number of Topliss-reactive ketones (excluding diaryl/α,β-unsaturated/α-hetero) is 1. The van der Waals surface area contributed by atoms with Gasteiger partial charge >= 0.3 is 0 Å². The molecular weight excluding hydrogens is 102 g/mol. The zero-order valence-corrected chi connectivity index (χ0v) is 5.53. The molecule has 0 atom stereocenters. The zero-order chi connectivity index (χ0) is 6.41. The van der Waals surface area contributed by atoms with E-state index in [-0.39, 0.29) is 7.21 Å². The summed E-state index contributed by atoms with van der Waals surface area (Å²) in [5.41, 5.74) is 0. The molecule has 0 aromatic rings. The smallest absolute Gasteiger partial charge is 0.143 e. The van der Waals surface area contributed by atoms with Crippen LogP contribution in [0.2, 0.25) is 0 Å². The molecule has 0 aromatic carbocycles. The van der Waals surface area contributed by atoms with E-state index < -0.39 is 0 Å². The fourth-order valence-electron chi connectivity index (χ4n) is 0.441. The van der Waals surface area contributed by atoms with Crippen LogP contribution in [0.1, 0.15) is 21.7 Å². The molecule has 0 amide bonds. The molecule has 0 aliphatic rings. The largest absolute Gasteiger partial charge is 0.310 e. The van der Waals surface area contributed by atoms with Crippen LogP contribution in [0.15, 0.2) is 0 Å². The van der Waals surface area contributed by atoms with Gasteiger partial charge in [0.1, 0.15) is 5.78 Å². The minimum Gasteiger partial charge on any atom is -0.310 e. The first-order valence-corrected chi connectivity index (χ1v) is 2.97. The van der Waals surface area contributed by atoms with E-state index in [1.165, 1.54) is 0 Å². The monoisotopic (exact) mass is 117 g/mol. The summed E-state index contributed by atoms with van der Waals surface area (Å²) >= 11 is 0. The van der Waals surface area contributed by atoms with Crippen LogP contribution in [0.4, 0.5) is 0 Å². The highest BCUT2D eigenvalue weighted by atomic mass is 16.1. The van der Waals surface area contributed by atoms with Crippen LogP contribution < -0.4 is 5.32 Å². The van der Waals surface area contributed by atoms with Gasteiger partial charge in [-0.2, -0.15) is 0 Å². The molecule has 0 saturated heterocycles. The summed E-state index contributed by atoms with van der Waals surface area (Å²) in [6.07, 6.45) is 1.09. The molecule has 0 aliphatic carbocycles. The number of nitrogens with one attached hydrogen (secondary N) is 1. The van der Waals surface area contributed by atoms with Crippen molar-refractivity contribution in [3.63, 3.8) is 0 Å². The molecular formula is C6H15NO. The zero-order valence-electron chi connectivity index (χ0n) is 5.53. The second kappa shape index (κ2) is 4.78. The molecule has 0 aromatic heterocycles. The Bertz CT molecular complexity index is 75.5. The Morgan fingerprint density at radius 3 is 2.75 bits per heavy atom. The number of hydrogen-bond donors (Lipinski definition) is 1. The number of carbonyl (C=O) groups is 1. The molecule has 50 valence electrons. The third-order valence-electron chi connectivity index (χ3n) is 0.801. The highest BCUT2D eigenvalue weighted by Gasteiger charge is 1.87. The van der Waals surface area contributed by atoms with E-state index in [1.54, 1.807) is 6.92 Å².